The molecule has 10 heteroatoms. The molecule has 0 spiro atoms. The number of carbonyl (C=O) groups excluding carboxylic acids is 1. The first-order valence-electron chi connectivity index (χ1n) is 12.5. The molecule has 1 saturated carbocycles. The fourth-order valence-corrected chi connectivity index (χ4v) is 5.34. The number of hydrogen-bond donors (Lipinski definition) is 1. The van der Waals surface area contributed by atoms with Crippen molar-refractivity contribution in [3.63, 3.8) is 0 Å². The normalized spacial score (nSPS) is 21.8. The van der Waals surface area contributed by atoms with E-state index in [0.717, 1.165) is 44.2 Å². The van der Waals surface area contributed by atoms with Crippen LogP contribution in [0.4, 0.5) is 14.5 Å². The van der Waals surface area contributed by atoms with E-state index in [9.17, 15) is 13.6 Å². The predicted octanol–water partition coefficient (Wildman–Crippen LogP) is 5.40. The van der Waals surface area contributed by atoms with Crippen LogP contribution in [0.5, 0.6) is 0 Å². The molecule has 0 aromatic carbocycles. The van der Waals surface area contributed by atoms with Crippen LogP contribution in [0.25, 0.3) is 5.65 Å². The first-order chi connectivity index (χ1) is 16.9. The van der Waals surface area contributed by atoms with E-state index in [1.807, 2.05) is 6.07 Å². The highest BCUT2D eigenvalue weighted by Gasteiger charge is 2.28. The molecule has 35 heavy (non-hydrogen) atoms. The highest BCUT2D eigenvalue weighted by atomic mass is 19.3. The SMILES string of the molecule is CC(C)[C@H]1CC[C@H](n2cc(NC(=O)c3cnn4ccc(C5CCOCC5)nc34)c(C(F)F)n2)CC1. The Labute approximate surface area is 203 Å². The standard InChI is InChI=1S/C25H32F2N6O2/c1-15(2)16-3-5-18(6-4-16)33-14-21(22(31-33)23(26)27)30-25(34)19-13-28-32-10-7-20(29-24(19)32)17-8-11-35-12-9-17/h7,10,13-18,23H,3-6,8-9,11-12H2,1-2H3,(H,30,34)/t16-,18-. The Bertz CT molecular complexity index is 1180. The number of hydrogen-bond acceptors (Lipinski definition) is 5. The van der Waals surface area contributed by atoms with Crippen molar-refractivity contribution >= 4 is 17.2 Å². The van der Waals surface area contributed by atoms with Crippen molar-refractivity contribution in [1.29, 1.82) is 0 Å². The topological polar surface area (TPSA) is 86.3 Å². The molecular weight excluding hydrogens is 454 g/mol. The van der Waals surface area contributed by atoms with Crippen LogP contribution in [0.15, 0.2) is 24.7 Å². The Balaban J connectivity index is 1.36. The fraction of sp³-hybridized carbons (Fsp3) is 0.600. The monoisotopic (exact) mass is 486 g/mol. The minimum atomic E-state index is -2.79. The highest BCUT2D eigenvalue weighted by molar-refractivity contribution is 6.08. The molecular formula is C25H32F2N6O2. The van der Waals surface area contributed by atoms with Gasteiger partial charge in [-0.2, -0.15) is 10.2 Å². The largest absolute Gasteiger partial charge is 0.381 e. The summed E-state index contributed by atoms with van der Waals surface area (Å²) in [7, 11) is 0. The van der Waals surface area contributed by atoms with Crippen molar-refractivity contribution in [1.82, 2.24) is 24.4 Å². The number of halogens is 2. The van der Waals surface area contributed by atoms with Crippen LogP contribution in [0.1, 0.15) is 92.5 Å². The Morgan fingerprint density at radius 1 is 1.14 bits per heavy atom. The molecule has 0 atom stereocenters. The summed E-state index contributed by atoms with van der Waals surface area (Å²) in [5, 5.41) is 11.1. The molecule has 1 aliphatic carbocycles. The third kappa shape index (κ3) is 4.94. The van der Waals surface area contributed by atoms with Crippen LogP contribution >= 0.6 is 0 Å². The second-order valence-electron chi connectivity index (χ2n) is 10.0. The molecule has 1 amide bonds. The number of carbonyl (C=O) groups is 1. The van der Waals surface area contributed by atoms with Crippen molar-refractivity contribution < 1.29 is 18.3 Å². The van der Waals surface area contributed by atoms with Gasteiger partial charge in [0.1, 0.15) is 5.56 Å². The second kappa shape index (κ2) is 10.0. The van der Waals surface area contributed by atoms with E-state index in [-0.39, 0.29) is 23.2 Å². The summed E-state index contributed by atoms with van der Waals surface area (Å²) in [6.45, 7) is 5.82. The number of fused-ring (bicyclic) bond motifs is 1. The molecule has 5 rings (SSSR count). The summed E-state index contributed by atoms with van der Waals surface area (Å²) < 4.78 is 36.2. The summed E-state index contributed by atoms with van der Waals surface area (Å²) >= 11 is 0. The van der Waals surface area contributed by atoms with Gasteiger partial charge in [0.2, 0.25) is 0 Å². The average Bonchev–Trinajstić information content (AvgIpc) is 3.49. The molecule has 1 saturated heterocycles. The maximum Gasteiger partial charge on any atom is 0.284 e. The van der Waals surface area contributed by atoms with E-state index in [1.54, 1.807) is 17.1 Å². The zero-order valence-corrected chi connectivity index (χ0v) is 20.2. The minimum Gasteiger partial charge on any atom is -0.381 e. The summed E-state index contributed by atoms with van der Waals surface area (Å²) in [4.78, 5) is 17.8. The summed E-state index contributed by atoms with van der Waals surface area (Å²) in [6, 6.07) is 1.97. The fourth-order valence-electron chi connectivity index (χ4n) is 5.34. The van der Waals surface area contributed by atoms with Crippen LogP contribution in [-0.2, 0) is 4.74 Å². The maximum atomic E-state index is 13.8. The number of nitrogens with zero attached hydrogens (tertiary/aromatic N) is 5. The van der Waals surface area contributed by atoms with Gasteiger partial charge in [-0.25, -0.2) is 18.3 Å². The number of aromatic nitrogens is 5. The molecule has 3 aromatic heterocycles. The van der Waals surface area contributed by atoms with Crippen molar-refractivity contribution in [2.75, 3.05) is 18.5 Å². The number of nitrogens with one attached hydrogen (secondary N) is 1. The first-order valence-corrected chi connectivity index (χ1v) is 12.5. The zero-order chi connectivity index (χ0) is 24.5. The third-order valence-corrected chi connectivity index (χ3v) is 7.55. The van der Waals surface area contributed by atoms with Crippen LogP contribution in [0.2, 0.25) is 0 Å². The summed E-state index contributed by atoms with van der Waals surface area (Å²) in [5.74, 6) is 1.01. The Morgan fingerprint density at radius 2 is 1.89 bits per heavy atom. The van der Waals surface area contributed by atoms with Gasteiger partial charge >= 0.3 is 0 Å². The average molecular weight is 487 g/mol. The number of ether oxygens (including phenoxy) is 1. The summed E-state index contributed by atoms with van der Waals surface area (Å²) in [6.07, 6.45) is 7.59. The molecule has 3 aromatic rings. The lowest BCUT2D eigenvalue weighted by Crippen LogP contribution is -2.21. The van der Waals surface area contributed by atoms with Crippen LogP contribution in [-0.4, -0.2) is 43.5 Å². The van der Waals surface area contributed by atoms with E-state index in [1.165, 1.54) is 10.7 Å². The minimum absolute atomic E-state index is 0.0379. The summed E-state index contributed by atoms with van der Waals surface area (Å²) in [5.41, 5.74) is 1.16. The van der Waals surface area contributed by atoms with Crippen LogP contribution < -0.4 is 5.32 Å². The number of alkyl halides is 2. The van der Waals surface area contributed by atoms with Gasteiger partial charge < -0.3 is 10.1 Å². The first kappa shape index (κ1) is 23.8. The van der Waals surface area contributed by atoms with Crippen LogP contribution in [0.3, 0.4) is 0 Å². The third-order valence-electron chi connectivity index (χ3n) is 7.55. The number of anilines is 1. The molecule has 2 fully saturated rings. The van der Waals surface area contributed by atoms with Gasteiger partial charge in [-0.1, -0.05) is 13.8 Å². The molecule has 1 N–H and O–H groups in total. The highest BCUT2D eigenvalue weighted by Crippen LogP contribution is 2.37. The van der Waals surface area contributed by atoms with Crippen molar-refractivity contribution in [2.24, 2.45) is 11.8 Å². The Kier molecular flexibility index (Phi) is 6.82. The lowest BCUT2D eigenvalue weighted by molar-refractivity contribution is 0.0845. The van der Waals surface area contributed by atoms with E-state index < -0.39 is 18.0 Å². The Morgan fingerprint density at radius 3 is 2.57 bits per heavy atom. The molecule has 0 unspecified atom stereocenters. The molecule has 4 heterocycles. The van der Waals surface area contributed by atoms with Crippen molar-refractivity contribution in [3.8, 4) is 0 Å². The zero-order valence-electron chi connectivity index (χ0n) is 20.2. The maximum absolute atomic E-state index is 13.8. The molecule has 1 aliphatic heterocycles. The lowest BCUT2D eigenvalue weighted by Gasteiger charge is -2.30. The smallest absolute Gasteiger partial charge is 0.284 e. The van der Waals surface area contributed by atoms with Crippen LogP contribution in [0, 0.1) is 11.8 Å². The van der Waals surface area contributed by atoms with Gasteiger partial charge in [0.05, 0.1) is 17.9 Å². The molecule has 188 valence electrons. The van der Waals surface area contributed by atoms with Gasteiger partial charge in [0.15, 0.2) is 11.3 Å². The molecule has 8 nitrogen and oxygen atoms in total. The lowest BCUT2D eigenvalue weighted by atomic mass is 9.80. The quantitative estimate of drug-likeness (QED) is 0.504. The van der Waals surface area contributed by atoms with Crippen molar-refractivity contribution in [2.45, 2.75) is 70.8 Å². The van der Waals surface area contributed by atoms with Gasteiger partial charge in [-0.3, -0.25) is 9.48 Å². The van der Waals surface area contributed by atoms with Gasteiger partial charge in [-0.05, 0) is 56.4 Å². The van der Waals surface area contributed by atoms with Gasteiger partial charge in [0, 0.05) is 37.2 Å². The van der Waals surface area contributed by atoms with Gasteiger partial charge in [-0.15, -0.1) is 0 Å². The van der Waals surface area contributed by atoms with E-state index >= 15 is 0 Å². The van der Waals surface area contributed by atoms with Gasteiger partial charge in [0.25, 0.3) is 12.3 Å². The number of rotatable bonds is 6. The number of amides is 1. The van der Waals surface area contributed by atoms with E-state index in [0.29, 0.717) is 30.7 Å². The van der Waals surface area contributed by atoms with E-state index in [2.05, 4.69) is 29.4 Å². The molecule has 0 bridgehead atoms. The molecule has 0 radical (unpaired) electrons. The van der Waals surface area contributed by atoms with Crippen molar-refractivity contribution in [3.05, 3.63) is 41.6 Å². The Hall–Kier alpha value is -2.88. The second-order valence-corrected chi connectivity index (χ2v) is 10.0. The van der Waals surface area contributed by atoms with E-state index in [4.69, 9.17) is 9.72 Å². The predicted molar refractivity (Wildman–Crippen MR) is 127 cm³/mol. The molecule has 2 aliphatic rings.